The van der Waals surface area contributed by atoms with E-state index in [4.69, 9.17) is 20.8 Å². The van der Waals surface area contributed by atoms with Crippen molar-refractivity contribution in [1.82, 2.24) is 24.8 Å². The van der Waals surface area contributed by atoms with Crippen molar-refractivity contribution < 1.29 is 17.9 Å². The number of halogens is 3. The Morgan fingerprint density at radius 2 is 1.91 bits per heavy atom. The molecule has 2 aromatic carbocycles. The molecule has 0 atom stereocenters. The summed E-state index contributed by atoms with van der Waals surface area (Å²) in [5.41, 5.74) is 1.99. The zero-order chi connectivity index (χ0) is 22.9. The summed E-state index contributed by atoms with van der Waals surface area (Å²) < 4.78 is 40.0. The van der Waals surface area contributed by atoms with Crippen molar-refractivity contribution in [3.63, 3.8) is 0 Å². The van der Waals surface area contributed by atoms with Gasteiger partial charge in [-0.25, -0.2) is 18.3 Å². The summed E-state index contributed by atoms with van der Waals surface area (Å²) in [5.74, 6) is 0.991. The molecule has 10 heteroatoms. The first-order valence-electron chi connectivity index (χ1n) is 9.91. The van der Waals surface area contributed by atoms with Gasteiger partial charge >= 0.3 is 0 Å². The van der Waals surface area contributed by atoms with Crippen molar-refractivity contribution in [3.05, 3.63) is 83.0 Å². The minimum atomic E-state index is -2.78. The van der Waals surface area contributed by atoms with Crippen LogP contribution in [-0.4, -0.2) is 31.9 Å². The van der Waals surface area contributed by atoms with Crippen molar-refractivity contribution in [2.75, 3.05) is 7.11 Å². The molecule has 0 unspecified atom stereocenters. The topological polar surface area (TPSA) is 78.3 Å². The van der Waals surface area contributed by atoms with E-state index in [0.29, 0.717) is 39.9 Å². The zero-order valence-corrected chi connectivity index (χ0v) is 18.0. The third-order valence-electron chi connectivity index (χ3n) is 5.05. The summed E-state index contributed by atoms with van der Waals surface area (Å²) in [4.78, 5) is 4.58. The lowest BCUT2D eigenvalue weighted by atomic mass is 10.1. The SMILES string of the molecule is COc1ccccc1-c1cc(C(F)F)n2ncc(-c3nnc(Cc4cccc(Cl)c4)o3)c2n1. The minimum absolute atomic E-state index is 0.131. The number of nitrogens with zero attached hydrogens (tertiary/aromatic N) is 5. The van der Waals surface area contributed by atoms with Crippen molar-refractivity contribution >= 4 is 17.2 Å². The number of alkyl halides is 2. The fourth-order valence-corrected chi connectivity index (χ4v) is 3.75. The largest absolute Gasteiger partial charge is 0.496 e. The van der Waals surface area contributed by atoms with Crippen molar-refractivity contribution in [2.45, 2.75) is 12.8 Å². The van der Waals surface area contributed by atoms with Gasteiger partial charge in [0.1, 0.15) is 17.0 Å². The summed E-state index contributed by atoms with van der Waals surface area (Å²) in [5, 5.41) is 12.9. The highest BCUT2D eigenvalue weighted by Crippen LogP contribution is 2.33. The first kappa shape index (κ1) is 21.0. The average Bonchev–Trinajstić information content (AvgIpc) is 3.45. The number of aromatic nitrogens is 5. The highest BCUT2D eigenvalue weighted by atomic mass is 35.5. The minimum Gasteiger partial charge on any atom is -0.496 e. The average molecular weight is 468 g/mol. The van der Waals surface area contributed by atoms with E-state index in [1.165, 1.54) is 19.4 Å². The summed E-state index contributed by atoms with van der Waals surface area (Å²) >= 11 is 6.03. The maximum atomic E-state index is 13.9. The molecule has 0 aliphatic heterocycles. The summed E-state index contributed by atoms with van der Waals surface area (Å²) in [7, 11) is 1.51. The Kier molecular flexibility index (Phi) is 5.47. The molecule has 7 nitrogen and oxygen atoms in total. The molecule has 5 rings (SSSR count). The molecule has 5 aromatic rings. The summed E-state index contributed by atoms with van der Waals surface area (Å²) in [6.45, 7) is 0. The van der Waals surface area contributed by atoms with Gasteiger partial charge in [-0.2, -0.15) is 5.10 Å². The molecule has 0 aliphatic carbocycles. The van der Waals surface area contributed by atoms with E-state index in [-0.39, 0.29) is 17.2 Å². The van der Waals surface area contributed by atoms with Gasteiger partial charge in [-0.15, -0.1) is 10.2 Å². The lowest BCUT2D eigenvalue weighted by molar-refractivity contribution is 0.143. The second-order valence-corrected chi connectivity index (χ2v) is 7.60. The Morgan fingerprint density at radius 3 is 2.70 bits per heavy atom. The van der Waals surface area contributed by atoms with E-state index in [9.17, 15) is 8.78 Å². The molecular weight excluding hydrogens is 452 g/mol. The van der Waals surface area contributed by atoms with Gasteiger partial charge in [0.15, 0.2) is 5.65 Å². The second-order valence-electron chi connectivity index (χ2n) is 7.17. The maximum Gasteiger partial charge on any atom is 0.280 e. The van der Waals surface area contributed by atoms with E-state index >= 15 is 0 Å². The van der Waals surface area contributed by atoms with E-state index in [0.717, 1.165) is 10.1 Å². The molecule has 0 amide bonds. The van der Waals surface area contributed by atoms with E-state index < -0.39 is 6.43 Å². The van der Waals surface area contributed by atoms with Crippen LogP contribution in [0.5, 0.6) is 5.75 Å². The standard InChI is InChI=1S/C23H16ClF2N5O2/c1-32-19-8-3-2-7-15(19)17-11-18(21(25)26)31-22(28-17)16(12-27-31)23-30-29-20(33-23)10-13-5-4-6-14(24)9-13/h2-9,11-12,21H,10H2,1H3. The summed E-state index contributed by atoms with van der Waals surface area (Å²) in [6.07, 6.45) is -1.02. The van der Waals surface area contributed by atoms with Gasteiger partial charge in [0.25, 0.3) is 12.3 Å². The van der Waals surface area contributed by atoms with Crippen molar-refractivity contribution in [1.29, 1.82) is 0 Å². The van der Waals surface area contributed by atoms with Crippen LogP contribution in [0.2, 0.25) is 5.02 Å². The molecule has 0 saturated heterocycles. The number of ether oxygens (including phenoxy) is 1. The second kappa shape index (κ2) is 8.59. The Bertz CT molecular complexity index is 1450. The summed E-state index contributed by atoms with van der Waals surface area (Å²) in [6, 6.07) is 15.6. The van der Waals surface area contributed by atoms with Gasteiger partial charge in [0, 0.05) is 10.6 Å². The Labute approximate surface area is 191 Å². The van der Waals surface area contributed by atoms with E-state index in [1.807, 2.05) is 12.1 Å². The molecule has 0 radical (unpaired) electrons. The van der Waals surface area contributed by atoms with E-state index in [2.05, 4.69) is 20.3 Å². The number of hydrogen-bond acceptors (Lipinski definition) is 6. The fraction of sp³-hybridized carbons (Fsp3) is 0.130. The molecule has 33 heavy (non-hydrogen) atoms. The molecule has 0 N–H and O–H groups in total. The lowest BCUT2D eigenvalue weighted by Crippen LogP contribution is -2.03. The third kappa shape index (κ3) is 4.03. The van der Waals surface area contributed by atoms with Gasteiger partial charge in [0.05, 0.1) is 25.4 Å². The fourth-order valence-electron chi connectivity index (χ4n) is 3.54. The van der Waals surface area contributed by atoms with Gasteiger partial charge in [-0.3, -0.25) is 0 Å². The Balaban J connectivity index is 1.60. The van der Waals surface area contributed by atoms with Crippen LogP contribution in [0.15, 0.2) is 65.2 Å². The number of hydrogen-bond donors (Lipinski definition) is 0. The number of para-hydroxylation sites is 1. The van der Waals surface area contributed by atoms with Gasteiger partial charge in [-0.05, 0) is 35.9 Å². The predicted octanol–water partition coefficient (Wildman–Crippen LogP) is 5.64. The van der Waals surface area contributed by atoms with Crippen LogP contribution in [0.4, 0.5) is 8.78 Å². The highest BCUT2D eigenvalue weighted by molar-refractivity contribution is 6.30. The lowest BCUT2D eigenvalue weighted by Gasteiger charge is -2.11. The molecular formula is C23H16ClF2N5O2. The number of benzene rings is 2. The van der Waals surface area contributed by atoms with Gasteiger partial charge in [-0.1, -0.05) is 35.9 Å². The van der Waals surface area contributed by atoms with Crippen LogP contribution >= 0.6 is 11.6 Å². The van der Waals surface area contributed by atoms with Crippen LogP contribution in [0.1, 0.15) is 23.6 Å². The van der Waals surface area contributed by atoms with Crippen LogP contribution in [0, 0.1) is 0 Å². The normalized spacial score (nSPS) is 11.4. The van der Waals surface area contributed by atoms with Crippen LogP contribution in [-0.2, 0) is 6.42 Å². The molecule has 3 aromatic heterocycles. The maximum absolute atomic E-state index is 13.9. The molecule has 0 saturated carbocycles. The monoisotopic (exact) mass is 467 g/mol. The smallest absolute Gasteiger partial charge is 0.280 e. The first-order valence-corrected chi connectivity index (χ1v) is 10.3. The Hall–Kier alpha value is -3.85. The molecule has 0 fully saturated rings. The van der Waals surface area contributed by atoms with Crippen molar-refractivity contribution in [3.8, 4) is 28.5 Å². The zero-order valence-electron chi connectivity index (χ0n) is 17.2. The first-order chi connectivity index (χ1) is 16.0. The molecule has 0 bridgehead atoms. The number of rotatable bonds is 6. The van der Waals surface area contributed by atoms with Crippen LogP contribution in [0.3, 0.4) is 0 Å². The molecule has 0 aliphatic rings. The van der Waals surface area contributed by atoms with Crippen LogP contribution < -0.4 is 4.74 Å². The Morgan fingerprint density at radius 1 is 1.06 bits per heavy atom. The van der Waals surface area contributed by atoms with E-state index in [1.54, 1.807) is 36.4 Å². The van der Waals surface area contributed by atoms with Gasteiger partial charge in [0.2, 0.25) is 5.89 Å². The number of methoxy groups -OCH3 is 1. The highest BCUT2D eigenvalue weighted by Gasteiger charge is 2.22. The van der Waals surface area contributed by atoms with Gasteiger partial charge < -0.3 is 9.15 Å². The quantitative estimate of drug-likeness (QED) is 0.322. The molecule has 0 spiro atoms. The van der Waals surface area contributed by atoms with Crippen molar-refractivity contribution in [2.24, 2.45) is 0 Å². The van der Waals surface area contributed by atoms with Crippen LogP contribution in [0.25, 0.3) is 28.4 Å². The molecule has 166 valence electrons. The third-order valence-corrected chi connectivity index (χ3v) is 5.28. The molecule has 3 heterocycles. The number of fused-ring (bicyclic) bond motifs is 1. The predicted molar refractivity (Wildman–Crippen MR) is 117 cm³/mol.